The fraction of sp³-hybridized carbons (Fsp3) is 0.444. The Hall–Kier alpha value is -1.65. The molecule has 0 radical (unpaired) electrons. The smallest absolute Gasteiger partial charge is 0.276 e. The second-order valence-electron chi connectivity index (χ2n) is 3.24. The summed E-state index contributed by atoms with van der Waals surface area (Å²) in [6.07, 6.45) is 2.36. The first kappa shape index (κ1) is 8.93. The van der Waals surface area contributed by atoms with Gasteiger partial charge >= 0.3 is 0 Å². The van der Waals surface area contributed by atoms with Gasteiger partial charge in [-0.05, 0) is 13.3 Å². The lowest BCUT2D eigenvalue weighted by Gasteiger charge is -1.97. The molecule has 0 fully saturated rings. The van der Waals surface area contributed by atoms with E-state index in [0.717, 1.165) is 18.7 Å². The molecule has 0 atom stereocenters. The minimum Gasteiger partial charge on any atom is -0.311 e. The molecule has 0 aliphatic carbocycles. The van der Waals surface area contributed by atoms with Gasteiger partial charge in [0, 0.05) is 6.54 Å². The van der Waals surface area contributed by atoms with Crippen LogP contribution in [0.15, 0.2) is 11.1 Å². The van der Waals surface area contributed by atoms with Gasteiger partial charge in [-0.1, -0.05) is 6.92 Å². The van der Waals surface area contributed by atoms with E-state index in [-0.39, 0.29) is 5.56 Å². The molecule has 0 amide bonds. The number of aromatic nitrogens is 4. The van der Waals surface area contributed by atoms with Crippen LogP contribution < -0.4 is 5.56 Å². The Bertz CT molecular complexity index is 511. The first-order valence-electron chi connectivity index (χ1n) is 4.65. The number of aryl methyl sites for hydroxylation is 2. The summed E-state index contributed by atoms with van der Waals surface area (Å²) in [7, 11) is 0. The lowest BCUT2D eigenvalue weighted by atomic mass is 10.3. The number of nitrogens with zero attached hydrogens (tertiary/aromatic N) is 3. The van der Waals surface area contributed by atoms with Crippen LogP contribution in [0.3, 0.4) is 0 Å². The van der Waals surface area contributed by atoms with Crippen molar-refractivity contribution in [3.05, 3.63) is 22.4 Å². The largest absolute Gasteiger partial charge is 0.311 e. The van der Waals surface area contributed by atoms with Gasteiger partial charge < -0.3 is 4.98 Å². The van der Waals surface area contributed by atoms with Crippen LogP contribution in [0.4, 0.5) is 0 Å². The van der Waals surface area contributed by atoms with Crippen LogP contribution in [-0.4, -0.2) is 19.7 Å². The number of rotatable bonds is 2. The highest BCUT2D eigenvalue weighted by Crippen LogP contribution is 2.10. The van der Waals surface area contributed by atoms with Crippen molar-refractivity contribution in [1.29, 1.82) is 0 Å². The molecule has 0 saturated heterocycles. The van der Waals surface area contributed by atoms with Crippen molar-refractivity contribution in [2.24, 2.45) is 0 Å². The molecular formula is C9H12N4O. The molecule has 5 heteroatoms. The third-order valence-corrected chi connectivity index (χ3v) is 2.14. The van der Waals surface area contributed by atoms with E-state index >= 15 is 0 Å². The minimum absolute atomic E-state index is 0.121. The lowest BCUT2D eigenvalue weighted by molar-refractivity contribution is 0.615. The summed E-state index contributed by atoms with van der Waals surface area (Å²) >= 11 is 0. The van der Waals surface area contributed by atoms with Crippen molar-refractivity contribution in [3.8, 4) is 0 Å². The van der Waals surface area contributed by atoms with Crippen molar-refractivity contribution in [1.82, 2.24) is 19.7 Å². The van der Waals surface area contributed by atoms with Crippen molar-refractivity contribution in [2.45, 2.75) is 26.8 Å². The normalized spacial score (nSPS) is 11.0. The van der Waals surface area contributed by atoms with Crippen molar-refractivity contribution >= 4 is 11.0 Å². The zero-order valence-corrected chi connectivity index (χ0v) is 8.24. The second-order valence-corrected chi connectivity index (χ2v) is 3.24. The molecule has 74 valence electrons. The van der Waals surface area contributed by atoms with E-state index in [1.807, 2.05) is 13.8 Å². The van der Waals surface area contributed by atoms with E-state index in [9.17, 15) is 4.79 Å². The van der Waals surface area contributed by atoms with E-state index in [1.165, 1.54) is 6.33 Å². The highest BCUT2D eigenvalue weighted by Gasteiger charge is 2.10. The number of aromatic amines is 1. The van der Waals surface area contributed by atoms with Gasteiger partial charge in [0.2, 0.25) is 0 Å². The fourth-order valence-electron chi connectivity index (χ4n) is 1.55. The van der Waals surface area contributed by atoms with E-state index in [2.05, 4.69) is 15.1 Å². The molecule has 5 nitrogen and oxygen atoms in total. The van der Waals surface area contributed by atoms with Gasteiger partial charge in [0.25, 0.3) is 5.56 Å². The van der Waals surface area contributed by atoms with Crippen LogP contribution in [0, 0.1) is 6.92 Å². The summed E-state index contributed by atoms with van der Waals surface area (Å²) in [5.74, 6) is 0. The number of H-pyrrole nitrogens is 1. The first-order chi connectivity index (χ1) is 6.74. The predicted octanol–water partition coefficient (Wildman–Crippen LogP) is 0.838. The predicted molar refractivity (Wildman–Crippen MR) is 53.2 cm³/mol. The summed E-state index contributed by atoms with van der Waals surface area (Å²) in [6.45, 7) is 4.66. The Morgan fingerprint density at radius 1 is 1.57 bits per heavy atom. The zero-order valence-electron chi connectivity index (χ0n) is 8.24. The molecule has 2 rings (SSSR count). The Kier molecular flexibility index (Phi) is 2.07. The Morgan fingerprint density at radius 3 is 3.07 bits per heavy atom. The number of fused-ring (bicyclic) bond motifs is 1. The Balaban J connectivity index is 2.79. The van der Waals surface area contributed by atoms with Crippen LogP contribution >= 0.6 is 0 Å². The van der Waals surface area contributed by atoms with Crippen LogP contribution in [0.2, 0.25) is 0 Å². The highest BCUT2D eigenvalue weighted by molar-refractivity contribution is 5.75. The molecule has 0 bridgehead atoms. The second kappa shape index (κ2) is 3.25. The summed E-state index contributed by atoms with van der Waals surface area (Å²) in [6, 6.07) is 0. The van der Waals surface area contributed by atoms with Crippen molar-refractivity contribution in [2.75, 3.05) is 0 Å². The number of nitrogens with one attached hydrogen (secondary N) is 1. The molecule has 1 N–H and O–H groups in total. The van der Waals surface area contributed by atoms with Crippen LogP contribution in [0.25, 0.3) is 11.0 Å². The Labute approximate surface area is 80.8 Å². The summed E-state index contributed by atoms with van der Waals surface area (Å²) in [5, 5.41) is 4.27. The molecule has 0 saturated carbocycles. The molecule has 2 aromatic rings. The van der Waals surface area contributed by atoms with E-state index < -0.39 is 0 Å². The summed E-state index contributed by atoms with van der Waals surface area (Å²) in [5.41, 5.74) is 1.96. The maximum absolute atomic E-state index is 11.5. The SMILES string of the molecule is CCCn1nc(C)c2nc[nH]c(=O)c21. The third kappa shape index (κ3) is 1.21. The average Bonchev–Trinajstić information content (AvgIpc) is 2.46. The molecule has 0 aliphatic rings. The van der Waals surface area contributed by atoms with Gasteiger partial charge in [-0.15, -0.1) is 0 Å². The molecular weight excluding hydrogens is 180 g/mol. The quantitative estimate of drug-likeness (QED) is 0.766. The van der Waals surface area contributed by atoms with Gasteiger partial charge in [-0.3, -0.25) is 9.48 Å². The molecule has 0 unspecified atom stereocenters. The fourth-order valence-corrected chi connectivity index (χ4v) is 1.55. The summed E-state index contributed by atoms with van der Waals surface area (Å²) in [4.78, 5) is 18.2. The third-order valence-electron chi connectivity index (χ3n) is 2.14. The van der Waals surface area contributed by atoms with Gasteiger partial charge in [0.15, 0.2) is 5.52 Å². The van der Waals surface area contributed by atoms with E-state index in [0.29, 0.717) is 11.0 Å². The molecule has 2 aromatic heterocycles. The van der Waals surface area contributed by atoms with E-state index in [4.69, 9.17) is 0 Å². The van der Waals surface area contributed by atoms with Gasteiger partial charge in [0.1, 0.15) is 5.52 Å². The first-order valence-corrected chi connectivity index (χ1v) is 4.65. The maximum atomic E-state index is 11.5. The van der Waals surface area contributed by atoms with Crippen LogP contribution in [0.1, 0.15) is 19.0 Å². The number of hydrogen-bond acceptors (Lipinski definition) is 3. The Morgan fingerprint density at radius 2 is 2.36 bits per heavy atom. The van der Waals surface area contributed by atoms with Crippen LogP contribution in [0.5, 0.6) is 0 Å². The molecule has 0 aliphatic heterocycles. The molecule has 0 aromatic carbocycles. The van der Waals surface area contributed by atoms with Crippen molar-refractivity contribution < 1.29 is 0 Å². The molecule has 0 spiro atoms. The monoisotopic (exact) mass is 192 g/mol. The average molecular weight is 192 g/mol. The zero-order chi connectivity index (χ0) is 10.1. The maximum Gasteiger partial charge on any atom is 0.276 e. The lowest BCUT2D eigenvalue weighted by Crippen LogP contribution is -2.11. The minimum atomic E-state index is -0.121. The van der Waals surface area contributed by atoms with Gasteiger partial charge in [0.05, 0.1) is 12.0 Å². The highest BCUT2D eigenvalue weighted by atomic mass is 16.1. The molecule has 2 heterocycles. The van der Waals surface area contributed by atoms with E-state index in [1.54, 1.807) is 4.68 Å². The van der Waals surface area contributed by atoms with Gasteiger partial charge in [-0.25, -0.2) is 4.98 Å². The van der Waals surface area contributed by atoms with Crippen LogP contribution in [-0.2, 0) is 6.54 Å². The topological polar surface area (TPSA) is 63.6 Å². The number of hydrogen-bond donors (Lipinski definition) is 1. The van der Waals surface area contributed by atoms with Crippen molar-refractivity contribution in [3.63, 3.8) is 0 Å². The standard InChI is InChI=1S/C9H12N4O/c1-3-4-13-8-7(6(2)12-13)10-5-11-9(8)14/h5H,3-4H2,1-2H3,(H,10,11,14). The molecule has 14 heavy (non-hydrogen) atoms. The summed E-state index contributed by atoms with van der Waals surface area (Å²) < 4.78 is 1.72. The van der Waals surface area contributed by atoms with Gasteiger partial charge in [-0.2, -0.15) is 5.10 Å².